The maximum Gasteiger partial charge on any atom is 0.270 e. The molecule has 0 aliphatic carbocycles. The second-order valence-corrected chi connectivity index (χ2v) is 5.26. The van der Waals surface area contributed by atoms with E-state index in [2.05, 4.69) is 10.1 Å². The molecule has 1 heterocycles. The van der Waals surface area contributed by atoms with Crippen LogP contribution in [0.15, 0.2) is 47.0 Å². The average molecular weight is 339 g/mol. The number of nitro groups is 1. The average Bonchev–Trinajstić information content (AvgIpc) is 3.09. The summed E-state index contributed by atoms with van der Waals surface area (Å²) in [5.41, 5.74) is 1.82. The Bertz CT molecular complexity index is 918. The van der Waals surface area contributed by atoms with Crippen LogP contribution >= 0.6 is 0 Å². The summed E-state index contributed by atoms with van der Waals surface area (Å²) in [5, 5.41) is 14.6. The fourth-order valence-electron chi connectivity index (χ4n) is 2.15. The van der Waals surface area contributed by atoms with E-state index < -0.39 is 4.92 Å². The van der Waals surface area contributed by atoms with Crippen LogP contribution in [0.2, 0.25) is 0 Å². The smallest absolute Gasteiger partial charge is 0.270 e. The molecule has 0 bridgehead atoms. The van der Waals surface area contributed by atoms with E-state index >= 15 is 0 Å². The van der Waals surface area contributed by atoms with Crippen LogP contribution < -0.4 is 4.74 Å². The molecule has 0 unspecified atom stereocenters. The maximum absolute atomic E-state index is 11.1. The monoisotopic (exact) mass is 339 g/mol. The van der Waals surface area contributed by atoms with Crippen molar-refractivity contribution < 1.29 is 19.0 Å². The zero-order valence-electron chi connectivity index (χ0n) is 13.2. The molecule has 1 aromatic heterocycles. The molecule has 0 aliphatic rings. The van der Waals surface area contributed by atoms with Crippen LogP contribution in [0.5, 0.6) is 5.75 Å². The molecule has 0 aliphatic heterocycles. The van der Waals surface area contributed by atoms with Crippen molar-refractivity contribution in [2.75, 3.05) is 0 Å². The third-order valence-electron chi connectivity index (χ3n) is 3.46. The largest absolute Gasteiger partial charge is 0.483 e. The molecule has 8 heteroatoms. The highest BCUT2D eigenvalue weighted by Gasteiger charge is 2.13. The molecule has 8 nitrogen and oxygen atoms in total. The van der Waals surface area contributed by atoms with Gasteiger partial charge in [-0.2, -0.15) is 4.98 Å². The van der Waals surface area contributed by atoms with Crippen LogP contribution in [0.25, 0.3) is 11.4 Å². The molecule has 0 saturated carbocycles. The minimum atomic E-state index is -0.581. The van der Waals surface area contributed by atoms with E-state index in [1.807, 2.05) is 31.2 Å². The Balaban J connectivity index is 1.73. The molecule has 25 heavy (non-hydrogen) atoms. The number of carbonyl (C=O) groups is 1. The lowest BCUT2D eigenvalue weighted by atomic mass is 10.1. The number of benzene rings is 2. The number of carbonyl (C=O) groups excluding carboxylic acids is 1. The Hall–Kier alpha value is -3.55. The lowest BCUT2D eigenvalue weighted by Crippen LogP contribution is -1.99. The predicted octanol–water partition coefficient (Wildman–Crippen LogP) is 3.34. The quantitative estimate of drug-likeness (QED) is 0.385. The van der Waals surface area contributed by atoms with Crippen molar-refractivity contribution in [2.45, 2.75) is 13.5 Å². The predicted molar refractivity (Wildman–Crippen MR) is 87.3 cm³/mol. The van der Waals surface area contributed by atoms with E-state index in [0.717, 1.165) is 17.2 Å². The van der Waals surface area contributed by atoms with Gasteiger partial charge in [0.1, 0.15) is 5.75 Å². The van der Waals surface area contributed by atoms with Crippen molar-refractivity contribution in [3.63, 3.8) is 0 Å². The van der Waals surface area contributed by atoms with E-state index in [4.69, 9.17) is 9.26 Å². The number of non-ortho nitro benzene ring substituents is 1. The van der Waals surface area contributed by atoms with Gasteiger partial charge in [0.2, 0.25) is 5.82 Å². The number of hydrogen-bond donors (Lipinski definition) is 0. The first-order valence-corrected chi connectivity index (χ1v) is 7.33. The van der Waals surface area contributed by atoms with Crippen molar-refractivity contribution in [1.29, 1.82) is 0 Å². The molecule has 3 aromatic rings. The Morgan fingerprint density at radius 2 is 2.00 bits per heavy atom. The first kappa shape index (κ1) is 16.3. The number of hydrogen-bond acceptors (Lipinski definition) is 7. The molecule has 0 atom stereocenters. The summed E-state index contributed by atoms with van der Waals surface area (Å²) in [6.07, 6.45) is 0.494. The zero-order valence-corrected chi connectivity index (χ0v) is 13.2. The number of aryl methyl sites for hydroxylation is 1. The first-order chi connectivity index (χ1) is 12.1. The van der Waals surface area contributed by atoms with Gasteiger partial charge in [0.05, 0.1) is 10.5 Å². The zero-order chi connectivity index (χ0) is 17.8. The molecular formula is C17H13N3O5. The Labute approximate surface area is 142 Å². The Kier molecular flexibility index (Phi) is 4.51. The molecular weight excluding hydrogens is 326 g/mol. The lowest BCUT2D eigenvalue weighted by Gasteiger charge is -2.05. The van der Waals surface area contributed by atoms with Crippen molar-refractivity contribution in [2.24, 2.45) is 0 Å². The van der Waals surface area contributed by atoms with Gasteiger partial charge in [-0.3, -0.25) is 14.9 Å². The molecule has 126 valence electrons. The highest BCUT2D eigenvalue weighted by Crippen LogP contribution is 2.24. The fraction of sp³-hybridized carbons (Fsp3) is 0.118. The van der Waals surface area contributed by atoms with Crippen LogP contribution in [0.1, 0.15) is 21.8 Å². The van der Waals surface area contributed by atoms with Crippen LogP contribution in [0.3, 0.4) is 0 Å². The molecule has 0 saturated heterocycles. The maximum atomic E-state index is 11.1. The summed E-state index contributed by atoms with van der Waals surface area (Å²) in [6.45, 7) is 1.92. The number of aromatic nitrogens is 2. The summed E-state index contributed by atoms with van der Waals surface area (Å²) < 4.78 is 10.6. The van der Waals surface area contributed by atoms with Crippen LogP contribution in [0, 0.1) is 17.0 Å². The molecule has 0 amide bonds. The van der Waals surface area contributed by atoms with Crippen LogP contribution in [0.4, 0.5) is 5.69 Å². The highest BCUT2D eigenvalue weighted by molar-refractivity contribution is 5.80. The van der Waals surface area contributed by atoms with Gasteiger partial charge < -0.3 is 9.26 Å². The molecule has 3 rings (SSSR count). The van der Waals surface area contributed by atoms with Gasteiger partial charge in [-0.25, -0.2) is 0 Å². The molecule has 0 fully saturated rings. The van der Waals surface area contributed by atoms with E-state index in [-0.39, 0.29) is 29.5 Å². The highest BCUT2D eigenvalue weighted by atomic mass is 16.6. The van der Waals surface area contributed by atoms with Crippen LogP contribution in [-0.4, -0.2) is 21.4 Å². The summed E-state index contributed by atoms with van der Waals surface area (Å²) in [7, 11) is 0. The Morgan fingerprint density at radius 3 is 2.68 bits per heavy atom. The van der Waals surface area contributed by atoms with Gasteiger partial charge in [-0.15, -0.1) is 0 Å². The number of aldehydes is 1. The standard InChI is InChI=1S/C17H13N3O5/c1-11-2-4-12(5-3-11)17-18-16(25-19-17)10-24-15-7-6-14(20(22)23)8-13(15)9-21/h2-9H,10H2,1H3. The van der Waals surface area contributed by atoms with E-state index in [1.54, 1.807) is 0 Å². The van der Waals surface area contributed by atoms with Gasteiger partial charge in [0.25, 0.3) is 11.6 Å². The fourth-order valence-corrected chi connectivity index (χ4v) is 2.15. The lowest BCUT2D eigenvalue weighted by molar-refractivity contribution is -0.384. The van der Waals surface area contributed by atoms with Crippen molar-refractivity contribution in [3.05, 3.63) is 69.6 Å². The number of nitro benzene ring substituents is 1. The van der Waals surface area contributed by atoms with Crippen molar-refractivity contribution in [3.8, 4) is 17.1 Å². The van der Waals surface area contributed by atoms with Gasteiger partial charge >= 0.3 is 0 Å². The number of nitrogens with zero attached hydrogens (tertiary/aromatic N) is 3. The van der Waals surface area contributed by atoms with Gasteiger partial charge in [-0.05, 0) is 13.0 Å². The first-order valence-electron chi connectivity index (χ1n) is 7.33. The second-order valence-electron chi connectivity index (χ2n) is 5.26. The minimum absolute atomic E-state index is 0.0580. The molecule has 0 radical (unpaired) electrons. The van der Waals surface area contributed by atoms with E-state index in [9.17, 15) is 14.9 Å². The van der Waals surface area contributed by atoms with Gasteiger partial charge in [-0.1, -0.05) is 35.0 Å². The summed E-state index contributed by atoms with van der Waals surface area (Å²) in [6, 6.07) is 11.4. The van der Waals surface area contributed by atoms with Crippen LogP contribution in [-0.2, 0) is 6.61 Å². The third-order valence-corrected chi connectivity index (χ3v) is 3.46. The number of ether oxygens (including phenoxy) is 1. The summed E-state index contributed by atoms with van der Waals surface area (Å²) in [4.78, 5) is 25.5. The molecule has 0 spiro atoms. The SMILES string of the molecule is Cc1ccc(-c2noc(COc3ccc([N+](=O)[O-])cc3C=O)n2)cc1. The van der Waals surface area contributed by atoms with Gasteiger partial charge in [0.15, 0.2) is 12.9 Å². The molecule has 2 aromatic carbocycles. The van der Waals surface area contributed by atoms with E-state index in [0.29, 0.717) is 12.1 Å². The molecule has 0 N–H and O–H groups in total. The van der Waals surface area contributed by atoms with Gasteiger partial charge in [0, 0.05) is 17.7 Å². The summed E-state index contributed by atoms with van der Waals surface area (Å²) in [5.74, 6) is 0.861. The van der Waals surface area contributed by atoms with Crippen molar-refractivity contribution in [1.82, 2.24) is 10.1 Å². The summed E-state index contributed by atoms with van der Waals surface area (Å²) >= 11 is 0. The van der Waals surface area contributed by atoms with E-state index in [1.165, 1.54) is 12.1 Å². The Morgan fingerprint density at radius 1 is 1.24 bits per heavy atom. The normalized spacial score (nSPS) is 10.4. The minimum Gasteiger partial charge on any atom is -0.483 e. The topological polar surface area (TPSA) is 108 Å². The third kappa shape index (κ3) is 3.69. The number of rotatable bonds is 6. The van der Waals surface area contributed by atoms with Crippen molar-refractivity contribution >= 4 is 12.0 Å². The second kappa shape index (κ2) is 6.91.